The lowest BCUT2D eigenvalue weighted by Gasteiger charge is -2.33. The number of hydrogen-bond acceptors (Lipinski definition) is 6. The number of carbonyl (C=O) groups is 2. The summed E-state index contributed by atoms with van der Waals surface area (Å²) >= 11 is 1.45. The van der Waals surface area contributed by atoms with Crippen molar-refractivity contribution >= 4 is 28.5 Å². The number of rotatable bonds is 3. The fraction of sp³-hybridized carbons (Fsp3) is 0.750. The average molecular weight is 352 g/mol. The molecule has 1 saturated carbocycles. The van der Waals surface area contributed by atoms with E-state index < -0.39 is 5.60 Å². The number of hydrogen-bond donors (Lipinski definition) is 1. The molecule has 8 heteroatoms. The molecule has 1 aromatic heterocycles. The maximum Gasteiger partial charge on any atom is 0.410 e. The van der Waals surface area contributed by atoms with Crippen LogP contribution >= 0.6 is 11.3 Å². The zero-order valence-electron chi connectivity index (χ0n) is 14.4. The molecule has 24 heavy (non-hydrogen) atoms. The van der Waals surface area contributed by atoms with E-state index >= 15 is 0 Å². The Balaban J connectivity index is 1.55. The van der Waals surface area contributed by atoms with Gasteiger partial charge >= 0.3 is 6.09 Å². The zero-order chi connectivity index (χ0) is 17.3. The van der Waals surface area contributed by atoms with E-state index in [9.17, 15) is 9.59 Å². The van der Waals surface area contributed by atoms with Gasteiger partial charge in [0.25, 0.3) is 0 Å². The van der Waals surface area contributed by atoms with Gasteiger partial charge in [-0.15, -0.1) is 10.2 Å². The summed E-state index contributed by atoms with van der Waals surface area (Å²) in [7, 11) is 0. The Labute approximate surface area is 145 Å². The van der Waals surface area contributed by atoms with E-state index in [0.29, 0.717) is 24.1 Å². The van der Waals surface area contributed by atoms with Gasteiger partial charge in [0.05, 0.1) is 5.92 Å². The van der Waals surface area contributed by atoms with Crippen molar-refractivity contribution in [3.05, 3.63) is 5.01 Å². The summed E-state index contributed by atoms with van der Waals surface area (Å²) in [5, 5.41) is 12.6. The maximum atomic E-state index is 12.5. The first kappa shape index (κ1) is 17.1. The first-order valence-corrected chi connectivity index (χ1v) is 9.25. The molecule has 2 fully saturated rings. The summed E-state index contributed by atoms with van der Waals surface area (Å²) in [5.41, 5.74) is -0.530. The molecule has 7 nitrogen and oxygen atoms in total. The van der Waals surface area contributed by atoms with Crippen molar-refractivity contribution in [3.8, 4) is 0 Å². The molecule has 0 bridgehead atoms. The van der Waals surface area contributed by atoms with Gasteiger partial charge < -0.3 is 15.0 Å². The minimum absolute atomic E-state index is 0.0956. The van der Waals surface area contributed by atoms with Crippen LogP contribution in [-0.2, 0) is 9.53 Å². The van der Waals surface area contributed by atoms with Gasteiger partial charge in [-0.1, -0.05) is 11.3 Å². The summed E-state index contributed by atoms with van der Waals surface area (Å²) in [4.78, 5) is 26.3. The normalized spacial score (nSPS) is 21.5. The third-order valence-corrected chi connectivity index (χ3v) is 5.04. The van der Waals surface area contributed by atoms with Crippen molar-refractivity contribution in [1.29, 1.82) is 0 Å². The molecule has 1 unspecified atom stereocenters. The number of likely N-dealkylation sites (tertiary alicyclic amines) is 1. The number of amides is 2. The number of anilines is 1. The molecule has 1 N–H and O–H groups in total. The van der Waals surface area contributed by atoms with Gasteiger partial charge in [0.1, 0.15) is 10.6 Å². The lowest BCUT2D eigenvalue weighted by atomic mass is 9.97. The summed E-state index contributed by atoms with van der Waals surface area (Å²) in [6, 6.07) is 0. The smallest absolute Gasteiger partial charge is 0.410 e. The van der Waals surface area contributed by atoms with Gasteiger partial charge in [0.2, 0.25) is 11.0 Å². The topological polar surface area (TPSA) is 84.4 Å². The van der Waals surface area contributed by atoms with E-state index in [4.69, 9.17) is 4.74 Å². The first-order valence-electron chi connectivity index (χ1n) is 8.44. The highest BCUT2D eigenvalue weighted by molar-refractivity contribution is 7.15. The molecule has 0 spiro atoms. The van der Waals surface area contributed by atoms with E-state index in [-0.39, 0.29) is 17.9 Å². The zero-order valence-corrected chi connectivity index (χ0v) is 15.2. The Hall–Kier alpha value is -1.70. The van der Waals surface area contributed by atoms with Crippen molar-refractivity contribution < 1.29 is 14.3 Å². The summed E-state index contributed by atoms with van der Waals surface area (Å²) in [6.07, 6.45) is 3.53. The molecule has 2 heterocycles. The number of aromatic nitrogens is 2. The molecule has 1 aromatic rings. The second-order valence-electron chi connectivity index (χ2n) is 7.47. The van der Waals surface area contributed by atoms with Crippen molar-refractivity contribution in [2.24, 2.45) is 5.92 Å². The number of nitrogens with one attached hydrogen (secondary N) is 1. The molecule has 2 aliphatic rings. The van der Waals surface area contributed by atoms with Gasteiger partial charge in [-0.05, 0) is 46.5 Å². The highest BCUT2D eigenvalue weighted by Crippen LogP contribution is 2.42. The molecule has 2 amide bonds. The molecule has 3 rings (SSSR count). The largest absolute Gasteiger partial charge is 0.444 e. The van der Waals surface area contributed by atoms with Crippen molar-refractivity contribution in [2.75, 3.05) is 18.4 Å². The predicted octanol–water partition coefficient (Wildman–Crippen LogP) is 3.00. The van der Waals surface area contributed by atoms with Gasteiger partial charge in [-0.2, -0.15) is 0 Å². The third kappa shape index (κ3) is 4.43. The van der Waals surface area contributed by atoms with E-state index in [1.165, 1.54) is 11.3 Å². The summed E-state index contributed by atoms with van der Waals surface area (Å²) in [5.74, 6) is 0.201. The van der Waals surface area contributed by atoms with Gasteiger partial charge in [-0.3, -0.25) is 4.79 Å². The molecule has 1 aliphatic heterocycles. The molecular weight excluding hydrogens is 328 g/mol. The average Bonchev–Trinajstić information content (AvgIpc) is 3.26. The van der Waals surface area contributed by atoms with Crippen molar-refractivity contribution in [2.45, 2.75) is 58.0 Å². The van der Waals surface area contributed by atoms with Crippen LogP contribution in [0.1, 0.15) is 57.4 Å². The first-order chi connectivity index (χ1) is 11.3. The molecule has 132 valence electrons. The maximum absolute atomic E-state index is 12.5. The number of ether oxygens (including phenoxy) is 1. The van der Waals surface area contributed by atoms with Gasteiger partial charge in [0, 0.05) is 19.0 Å². The minimum Gasteiger partial charge on any atom is -0.444 e. The lowest BCUT2D eigenvalue weighted by molar-refractivity contribution is -0.121. The quantitative estimate of drug-likeness (QED) is 0.904. The Bertz CT molecular complexity index is 621. The second kappa shape index (κ2) is 6.66. The van der Waals surface area contributed by atoms with Crippen LogP contribution < -0.4 is 5.32 Å². The van der Waals surface area contributed by atoms with Crippen LogP contribution in [0.15, 0.2) is 0 Å². The monoisotopic (exact) mass is 352 g/mol. The van der Waals surface area contributed by atoms with Crippen molar-refractivity contribution in [1.82, 2.24) is 15.1 Å². The standard InChI is InChI=1S/C16H24N4O3S/c1-16(2,3)23-15(22)20-8-4-5-11(9-20)12(21)17-14-19-18-13(24-14)10-6-7-10/h10-11H,4-9H2,1-3H3,(H,17,19,21). The van der Waals surface area contributed by atoms with E-state index in [1.54, 1.807) is 4.90 Å². The van der Waals surface area contributed by atoms with Crippen LogP contribution in [0.5, 0.6) is 0 Å². The molecule has 1 atom stereocenters. The fourth-order valence-corrected chi connectivity index (χ4v) is 3.59. The minimum atomic E-state index is -0.530. The van der Waals surface area contributed by atoms with Crippen LogP contribution in [0.2, 0.25) is 0 Å². The molecule has 0 radical (unpaired) electrons. The third-order valence-electron chi connectivity index (χ3n) is 4.04. The van der Waals surface area contributed by atoms with Gasteiger partial charge in [-0.25, -0.2) is 4.79 Å². The van der Waals surface area contributed by atoms with Crippen LogP contribution in [0.3, 0.4) is 0 Å². The van der Waals surface area contributed by atoms with Crippen LogP contribution in [0.4, 0.5) is 9.93 Å². The van der Waals surface area contributed by atoms with E-state index in [1.807, 2.05) is 20.8 Å². The Morgan fingerprint density at radius 1 is 1.25 bits per heavy atom. The second-order valence-corrected chi connectivity index (χ2v) is 8.48. The van der Waals surface area contributed by atoms with Gasteiger partial charge in [0.15, 0.2) is 0 Å². The SMILES string of the molecule is CC(C)(C)OC(=O)N1CCCC(C(=O)Nc2nnc(C3CC3)s2)C1. The van der Waals surface area contributed by atoms with E-state index in [0.717, 1.165) is 30.7 Å². The molecular formula is C16H24N4O3S. The van der Waals surface area contributed by atoms with Crippen molar-refractivity contribution in [3.63, 3.8) is 0 Å². The van der Waals surface area contributed by atoms with Crippen LogP contribution in [0.25, 0.3) is 0 Å². The number of nitrogens with zero attached hydrogens (tertiary/aromatic N) is 3. The lowest BCUT2D eigenvalue weighted by Crippen LogP contribution is -2.45. The Morgan fingerprint density at radius 3 is 2.67 bits per heavy atom. The highest BCUT2D eigenvalue weighted by atomic mass is 32.1. The summed E-state index contributed by atoms with van der Waals surface area (Å²) in [6.45, 7) is 6.53. The molecule has 1 aliphatic carbocycles. The Kier molecular flexibility index (Phi) is 4.76. The van der Waals surface area contributed by atoms with Crippen LogP contribution in [-0.4, -0.2) is 45.8 Å². The fourth-order valence-electron chi connectivity index (χ4n) is 2.67. The van der Waals surface area contributed by atoms with Crippen LogP contribution in [0, 0.1) is 5.92 Å². The number of carbonyl (C=O) groups excluding carboxylic acids is 2. The predicted molar refractivity (Wildman–Crippen MR) is 91.0 cm³/mol. The highest BCUT2D eigenvalue weighted by Gasteiger charge is 2.32. The summed E-state index contributed by atoms with van der Waals surface area (Å²) < 4.78 is 5.40. The number of piperidine rings is 1. The molecule has 0 aromatic carbocycles. The van der Waals surface area contributed by atoms with E-state index in [2.05, 4.69) is 15.5 Å². The molecule has 1 saturated heterocycles. The Morgan fingerprint density at radius 2 is 2.00 bits per heavy atom.